The van der Waals surface area contributed by atoms with E-state index in [1.807, 2.05) is 70.4 Å². The van der Waals surface area contributed by atoms with Gasteiger partial charge in [0.25, 0.3) is 5.91 Å². The molecule has 0 atom stereocenters. The van der Waals surface area contributed by atoms with E-state index in [1.54, 1.807) is 10.8 Å². The predicted octanol–water partition coefficient (Wildman–Crippen LogP) is 4.27. The normalized spacial score (nSPS) is 11.3. The second-order valence-electron chi connectivity index (χ2n) is 7.30. The van der Waals surface area contributed by atoms with Crippen molar-refractivity contribution in [1.29, 1.82) is 10.5 Å². The van der Waals surface area contributed by atoms with Crippen LogP contribution < -0.4 is 5.43 Å². The van der Waals surface area contributed by atoms with Gasteiger partial charge in [0.15, 0.2) is 0 Å². The van der Waals surface area contributed by atoms with Gasteiger partial charge in [-0.3, -0.25) is 19.5 Å². The molecule has 3 aromatic heterocycles. The highest BCUT2D eigenvalue weighted by molar-refractivity contribution is 6.06. The summed E-state index contributed by atoms with van der Waals surface area (Å²) in [4.78, 5) is 12.7. The Morgan fingerprint density at radius 2 is 1.70 bits per heavy atom. The molecule has 0 aliphatic heterocycles. The first-order chi connectivity index (χ1) is 14.2. The number of nitrogens with zero attached hydrogens (tertiary/aromatic N) is 4. The molecule has 1 amide bonds. The average Bonchev–Trinajstić information content (AvgIpc) is 3.27. The molecule has 152 valence electrons. The van der Waals surface area contributed by atoms with Crippen LogP contribution in [0.4, 0.5) is 0 Å². The van der Waals surface area contributed by atoms with Gasteiger partial charge in [0.2, 0.25) is 5.88 Å². The largest absolute Gasteiger partial charge is 0.443 e. The average molecular weight is 401 g/mol. The smallest absolute Gasteiger partial charge is 0.280 e. The molecule has 0 bridgehead atoms. The zero-order valence-corrected chi connectivity index (χ0v) is 17.9. The maximum absolute atomic E-state index is 12.7. The van der Waals surface area contributed by atoms with Gasteiger partial charge in [0.1, 0.15) is 29.0 Å². The van der Waals surface area contributed by atoms with Crippen LogP contribution in [0.25, 0.3) is 12.0 Å². The molecular formula is C23H23N5O2. The monoisotopic (exact) mass is 401 g/mol. The summed E-state index contributed by atoms with van der Waals surface area (Å²) < 4.78 is 9.32. The van der Waals surface area contributed by atoms with Gasteiger partial charge >= 0.3 is 0 Å². The van der Waals surface area contributed by atoms with Crippen LogP contribution in [0, 0.1) is 64.2 Å². The fourth-order valence-corrected chi connectivity index (χ4v) is 3.46. The third kappa shape index (κ3) is 3.42. The lowest BCUT2D eigenvalue weighted by Gasteiger charge is -2.10. The van der Waals surface area contributed by atoms with E-state index < -0.39 is 5.91 Å². The van der Waals surface area contributed by atoms with Crippen LogP contribution >= 0.6 is 0 Å². The van der Waals surface area contributed by atoms with Gasteiger partial charge in [-0.25, -0.2) is 0 Å². The molecular weight excluding hydrogens is 378 g/mol. The van der Waals surface area contributed by atoms with Crippen molar-refractivity contribution in [2.24, 2.45) is 0 Å². The van der Waals surface area contributed by atoms with Crippen LogP contribution in [-0.2, 0) is 4.79 Å². The SMILES string of the molecule is Cc1oc(-n2c(C)cc(/C=C(\C#N)C(=O)Nn3c(C)ccc3C)c2C)c(C#N)c1C. The molecule has 3 aromatic rings. The van der Waals surface area contributed by atoms with Gasteiger partial charge in [-0.15, -0.1) is 0 Å². The predicted molar refractivity (Wildman–Crippen MR) is 114 cm³/mol. The van der Waals surface area contributed by atoms with E-state index in [4.69, 9.17) is 4.42 Å². The van der Waals surface area contributed by atoms with E-state index in [1.165, 1.54) is 0 Å². The molecule has 0 aromatic carbocycles. The Balaban J connectivity index is 2.03. The molecule has 1 N–H and O–H groups in total. The number of aromatic nitrogens is 2. The maximum Gasteiger partial charge on any atom is 0.280 e. The summed E-state index contributed by atoms with van der Waals surface area (Å²) in [6, 6.07) is 9.82. The van der Waals surface area contributed by atoms with Gasteiger partial charge in [0.05, 0.1) is 0 Å². The Kier molecular flexibility index (Phi) is 5.40. The zero-order valence-electron chi connectivity index (χ0n) is 17.9. The van der Waals surface area contributed by atoms with Crippen molar-refractivity contribution in [3.63, 3.8) is 0 Å². The fraction of sp³-hybridized carbons (Fsp3) is 0.261. The molecule has 0 fully saturated rings. The van der Waals surface area contributed by atoms with Crippen LogP contribution in [0.3, 0.4) is 0 Å². The summed E-state index contributed by atoms with van der Waals surface area (Å²) in [5.41, 5.74) is 8.04. The zero-order chi connectivity index (χ0) is 22.2. The summed E-state index contributed by atoms with van der Waals surface area (Å²) in [5.74, 6) is 0.636. The van der Waals surface area contributed by atoms with Crippen molar-refractivity contribution in [1.82, 2.24) is 9.24 Å². The quantitative estimate of drug-likeness (QED) is 0.521. The van der Waals surface area contributed by atoms with Gasteiger partial charge in [0, 0.05) is 28.3 Å². The molecule has 0 radical (unpaired) electrons. The first-order valence-corrected chi connectivity index (χ1v) is 9.47. The van der Waals surface area contributed by atoms with Gasteiger partial charge < -0.3 is 4.42 Å². The van der Waals surface area contributed by atoms with E-state index in [-0.39, 0.29) is 5.57 Å². The van der Waals surface area contributed by atoms with Crippen molar-refractivity contribution in [3.8, 4) is 18.0 Å². The molecule has 0 saturated carbocycles. The van der Waals surface area contributed by atoms with Crippen molar-refractivity contribution in [2.45, 2.75) is 41.5 Å². The highest BCUT2D eigenvalue weighted by Gasteiger charge is 2.21. The number of furan rings is 1. The number of hydrogen-bond acceptors (Lipinski definition) is 4. The third-order valence-electron chi connectivity index (χ3n) is 5.30. The minimum absolute atomic E-state index is 0.0185. The Bertz CT molecular complexity index is 1250. The molecule has 0 saturated heterocycles. The summed E-state index contributed by atoms with van der Waals surface area (Å²) in [5, 5.41) is 19.1. The Morgan fingerprint density at radius 3 is 2.27 bits per heavy atom. The van der Waals surface area contributed by atoms with E-state index in [9.17, 15) is 15.3 Å². The minimum Gasteiger partial charge on any atom is -0.443 e. The van der Waals surface area contributed by atoms with Crippen LogP contribution in [-0.4, -0.2) is 15.2 Å². The van der Waals surface area contributed by atoms with Crippen LogP contribution in [0.5, 0.6) is 0 Å². The Labute approximate surface area is 175 Å². The van der Waals surface area contributed by atoms with Crippen LogP contribution in [0.1, 0.15) is 45.2 Å². The number of carbonyl (C=O) groups is 1. The highest BCUT2D eigenvalue weighted by atomic mass is 16.4. The fourth-order valence-electron chi connectivity index (χ4n) is 3.46. The van der Waals surface area contributed by atoms with Gasteiger partial charge in [-0.2, -0.15) is 10.5 Å². The number of nitrogens with one attached hydrogen (secondary N) is 1. The Morgan fingerprint density at radius 1 is 1.07 bits per heavy atom. The second kappa shape index (κ2) is 7.81. The molecule has 7 heteroatoms. The van der Waals surface area contributed by atoms with Crippen molar-refractivity contribution < 1.29 is 9.21 Å². The van der Waals surface area contributed by atoms with E-state index >= 15 is 0 Å². The lowest BCUT2D eigenvalue weighted by Crippen LogP contribution is -2.25. The summed E-state index contributed by atoms with van der Waals surface area (Å²) in [6.45, 7) is 11.2. The topological polar surface area (TPSA) is 99.7 Å². The molecule has 30 heavy (non-hydrogen) atoms. The Hall–Kier alpha value is -3.97. The van der Waals surface area contributed by atoms with Crippen molar-refractivity contribution in [3.05, 3.63) is 69.0 Å². The number of nitriles is 2. The number of aryl methyl sites for hydroxylation is 4. The summed E-state index contributed by atoms with van der Waals surface area (Å²) in [6.07, 6.45) is 1.55. The van der Waals surface area contributed by atoms with E-state index in [0.717, 1.165) is 28.3 Å². The second-order valence-corrected chi connectivity index (χ2v) is 7.30. The standard InChI is InChI=1S/C23H23N5O2/c1-13-7-8-14(2)28(13)26-22(29)20(11-24)10-19-9-15(3)27(17(19)5)23-21(12-25)16(4)18(6)30-23/h7-10H,1-6H3,(H,26,29)/b20-10+. The first kappa shape index (κ1) is 20.8. The first-order valence-electron chi connectivity index (χ1n) is 9.47. The van der Waals surface area contributed by atoms with Crippen LogP contribution in [0.2, 0.25) is 0 Å². The minimum atomic E-state index is -0.493. The lowest BCUT2D eigenvalue weighted by atomic mass is 10.1. The molecule has 0 aliphatic rings. The van der Waals surface area contributed by atoms with E-state index in [0.29, 0.717) is 22.8 Å². The maximum atomic E-state index is 12.7. The number of rotatable bonds is 4. The molecule has 0 spiro atoms. The van der Waals surface area contributed by atoms with Gasteiger partial charge in [-0.05, 0) is 71.4 Å². The summed E-state index contributed by atoms with van der Waals surface area (Å²) >= 11 is 0. The molecule has 0 unspecified atom stereocenters. The van der Waals surface area contributed by atoms with E-state index in [2.05, 4.69) is 11.5 Å². The third-order valence-corrected chi connectivity index (χ3v) is 5.30. The van der Waals surface area contributed by atoms with Crippen molar-refractivity contribution >= 4 is 12.0 Å². The lowest BCUT2D eigenvalue weighted by molar-refractivity contribution is -0.113. The van der Waals surface area contributed by atoms with Crippen LogP contribution in [0.15, 0.2) is 28.2 Å². The van der Waals surface area contributed by atoms with Gasteiger partial charge in [-0.1, -0.05) is 0 Å². The molecule has 3 heterocycles. The molecule has 0 aliphatic carbocycles. The molecule has 3 rings (SSSR count). The highest BCUT2D eigenvalue weighted by Crippen LogP contribution is 2.29. The number of carbonyl (C=O) groups excluding carboxylic acids is 1. The summed E-state index contributed by atoms with van der Waals surface area (Å²) in [7, 11) is 0. The molecule has 7 nitrogen and oxygen atoms in total. The van der Waals surface area contributed by atoms with Crippen molar-refractivity contribution in [2.75, 3.05) is 5.43 Å². The number of hydrogen-bond donors (Lipinski definition) is 1. The number of amides is 1.